The lowest BCUT2D eigenvalue weighted by atomic mass is 9.68. The van der Waals surface area contributed by atoms with E-state index in [1.807, 2.05) is 0 Å². The average Bonchev–Trinajstić information content (AvgIpc) is 0.838. The van der Waals surface area contributed by atoms with Crippen LogP contribution in [0.3, 0.4) is 0 Å². The molecule has 3 aliphatic rings. The van der Waals surface area contributed by atoms with Crippen LogP contribution in [0.1, 0.15) is 49.9 Å². The summed E-state index contributed by atoms with van der Waals surface area (Å²) in [5, 5.41) is 15.0. The van der Waals surface area contributed by atoms with Crippen molar-refractivity contribution in [2.45, 2.75) is 38.5 Å². The molecular formula is C90H62N2. The van der Waals surface area contributed by atoms with E-state index in [0.717, 1.165) is 34.1 Å². The van der Waals surface area contributed by atoms with Crippen molar-refractivity contribution in [3.63, 3.8) is 0 Å². The first-order valence-corrected chi connectivity index (χ1v) is 32.4. The van der Waals surface area contributed by atoms with Gasteiger partial charge in [-0.2, -0.15) is 0 Å². The van der Waals surface area contributed by atoms with Crippen molar-refractivity contribution in [2.75, 3.05) is 9.80 Å². The molecule has 3 aliphatic carbocycles. The van der Waals surface area contributed by atoms with Crippen LogP contribution >= 0.6 is 0 Å². The van der Waals surface area contributed by atoms with Crippen molar-refractivity contribution in [3.05, 3.63) is 326 Å². The van der Waals surface area contributed by atoms with E-state index in [-0.39, 0.29) is 10.8 Å². The van der Waals surface area contributed by atoms with Crippen molar-refractivity contribution in [1.82, 2.24) is 0 Å². The minimum Gasteiger partial charge on any atom is -0.310 e. The van der Waals surface area contributed by atoms with Gasteiger partial charge in [-0.25, -0.2) is 0 Å². The fourth-order valence-corrected chi connectivity index (χ4v) is 16.8. The van der Waals surface area contributed by atoms with E-state index < -0.39 is 0 Å². The molecule has 0 bridgehead atoms. The zero-order valence-corrected chi connectivity index (χ0v) is 51.8. The Labute approximate surface area is 536 Å². The summed E-state index contributed by atoms with van der Waals surface area (Å²) in [5.74, 6) is 0. The van der Waals surface area contributed by atoms with Crippen LogP contribution in [0, 0.1) is 0 Å². The van der Waals surface area contributed by atoms with Gasteiger partial charge in [0.15, 0.2) is 0 Å². The first kappa shape index (κ1) is 52.6. The number of anilines is 6. The SMILES string of the molecule is CC1(C)c2cc(-c3c4ccc(N(c5ccccc5)c5ccc6c(c5)C(C)(C)c5cccc7cccc-6c57)cc4c(-c4ccc5ccccc5c4)c4ccc(N(c5ccccc5)c5ccc6c7c(cccc57)-c5ccccc5-6)cc34)ccc2-c2cccc3cccc1c23. The van der Waals surface area contributed by atoms with Crippen LogP contribution in [-0.4, -0.2) is 0 Å². The van der Waals surface area contributed by atoms with Crippen molar-refractivity contribution in [1.29, 1.82) is 0 Å². The molecule has 0 N–H and O–H groups in total. The lowest BCUT2D eigenvalue weighted by Crippen LogP contribution is -2.24. The Hall–Kier alpha value is -11.3. The molecule has 432 valence electrons. The number of rotatable bonds is 8. The van der Waals surface area contributed by atoms with E-state index in [9.17, 15) is 0 Å². The molecule has 0 aromatic heterocycles. The van der Waals surface area contributed by atoms with Gasteiger partial charge in [0.1, 0.15) is 0 Å². The monoisotopic (exact) mass is 1170 g/mol. The zero-order chi connectivity index (χ0) is 61.1. The third-order valence-electron chi connectivity index (χ3n) is 21.1. The molecule has 92 heavy (non-hydrogen) atoms. The summed E-state index contributed by atoms with van der Waals surface area (Å²) in [6.07, 6.45) is 0. The van der Waals surface area contributed by atoms with Crippen molar-refractivity contribution < 1.29 is 0 Å². The van der Waals surface area contributed by atoms with Gasteiger partial charge in [-0.1, -0.05) is 252 Å². The Morgan fingerprint density at radius 1 is 0.217 bits per heavy atom. The van der Waals surface area contributed by atoms with E-state index in [1.165, 1.54) is 154 Å². The van der Waals surface area contributed by atoms with Gasteiger partial charge in [0.05, 0.1) is 5.69 Å². The van der Waals surface area contributed by atoms with Gasteiger partial charge >= 0.3 is 0 Å². The summed E-state index contributed by atoms with van der Waals surface area (Å²) >= 11 is 0. The molecule has 0 atom stereocenters. The highest BCUT2D eigenvalue weighted by atomic mass is 15.1. The van der Waals surface area contributed by atoms with Gasteiger partial charge in [0.25, 0.3) is 0 Å². The number of hydrogen-bond acceptors (Lipinski definition) is 2. The minimum atomic E-state index is -0.290. The summed E-state index contributed by atoms with van der Waals surface area (Å²) < 4.78 is 0. The predicted molar refractivity (Wildman–Crippen MR) is 391 cm³/mol. The van der Waals surface area contributed by atoms with E-state index in [0.29, 0.717) is 0 Å². The summed E-state index contributed by atoms with van der Waals surface area (Å²) in [6, 6.07) is 115. The van der Waals surface area contributed by atoms with Crippen LogP contribution in [0.2, 0.25) is 0 Å². The fourth-order valence-electron chi connectivity index (χ4n) is 16.8. The standard InChI is InChI=1S/C90H62N2/c1-89(2)79-36-17-24-56-22-15-32-71(86(56)79)68-44-40-60(51-81(68)89)85-75-46-42-63(91(61-26-7-5-8-27-61)65-41-45-69-72-33-16-23-57-25-18-37-80(87(57)72)90(3,4)82(69)54-65)52-77(75)84(59-39-38-55-20-11-12-21-58(55)50-59)74-47-43-64(53-78(74)85)92(62-28-9-6-10-29-62)83-49-48-73-67-31-14-13-30-66(67)70-34-19-35-76(83)88(70)73/h5-54H,1-4H3. The minimum absolute atomic E-state index is 0.255. The molecule has 0 unspecified atom stereocenters. The molecule has 2 nitrogen and oxygen atoms in total. The molecule has 0 aliphatic heterocycles. The lowest BCUT2D eigenvalue weighted by molar-refractivity contribution is 0.645. The van der Waals surface area contributed by atoms with Gasteiger partial charge in [-0.3, -0.25) is 0 Å². The Kier molecular flexibility index (Phi) is 11.2. The predicted octanol–water partition coefficient (Wildman–Crippen LogP) is 25.1. The maximum Gasteiger partial charge on any atom is 0.0540 e. The quantitative estimate of drug-likeness (QED) is 0.140. The second kappa shape index (κ2) is 19.6. The molecule has 16 aromatic carbocycles. The van der Waals surface area contributed by atoms with Gasteiger partial charge in [0, 0.05) is 44.7 Å². The largest absolute Gasteiger partial charge is 0.310 e. The van der Waals surface area contributed by atoms with Crippen LogP contribution in [-0.2, 0) is 10.8 Å². The van der Waals surface area contributed by atoms with Gasteiger partial charge < -0.3 is 9.80 Å². The topological polar surface area (TPSA) is 6.48 Å². The fraction of sp³-hybridized carbons (Fsp3) is 0.0667. The third kappa shape index (κ3) is 7.56. The third-order valence-corrected chi connectivity index (χ3v) is 21.1. The molecule has 16 aromatic rings. The molecule has 0 spiro atoms. The molecule has 0 radical (unpaired) electrons. The van der Waals surface area contributed by atoms with E-state index in [1.54, 1.807) is 0 Å². The van der Waals surface area contributed by atoms with Gasteiger partial charge in [-0.05, 0) is 227 Å². The summed E-state index contributed by atoms with van der Waals surface area (Å²) in [5.41, 5.74) is 26.6. The first-order chi connectivity index (χ1) is 45.2. The van der Waals surface area contributed by atoms with Crippen LogP contribution in [0.4, 0.5) is 34.1 Å². The molecule has 0 saturated carbocycles. The number of hydrogen-bond donors (Lipinski definition) is 0. The highest BCUT2D eigenvalue weighted by Crippen LogP contribution is 2.56. The smallest absolute Gasteiger partial charge is 0.0540 e. The highest BCUT2D eigenvalue weighted by Gasteiger charge is 2.37. The molecule has 19 rings (SSSR count). The molecule has 0 heterocycles. The van der Waals surface area contributed by atoms with Crippen molar-refractivity contribution in [3.8, 4) is 66.8 Å². The number of benzene rings is 16. The highest BCUT2D eigenvalue weighted by molar-refractivity contribution is 6.24. The first-order valence-electron chi connectivity index (χ1n) is 32.4. The van der Waals surface area contributed by atoms with Crippen molar-refractivity contribution in [2.24, 2.45) is 0 Å². The number of fused-ring (bicyclic) bond motifs is 10. The maximum absolute atomic E-state index is 2.55. The van der Waals surface area contributed by atoms with Crippen LogP contribution in [0.15, 0.2) is 303 Å². The van der Waals surface area contributed by atoms with Crippen molar-refractivity contribution >= 4 is 98.8 Å². The van der Waals surface area contributed by atoms with E-state index in [2.05, 4.69) is 341 Å². The Morgan fingerprint density at radius 2 is 0.641 bits per heavy atom. The average molecular weight is 1170 g/mol. The second-order valence-electron chi connectivity index (χ2n) is 26.7. The molecule has 0 amide bonds. The van der Waals surface area contributed by atoms with Gasteiger partial charge in [0.2, 0.25) is 0 Å². The lowest BCUT2D eigenvalue weighted by Gasteiger charge is -2.36. The molecule has 0 fully saturated rings. The number of para-hydroxylation sites is 2. The Morgan fingerprint density at radius 3 is 1.26 bits per heavy atom. The summed E-state index contributed by atoms with van der Waals surface area (Å²) in [7, 11) is 0. The Bertz CT molecular complexity index is 5790. The number of nitrogens with zero attached hydrogens (tertiary/aromatic N) is 2. The second-order valence-corrected chi connectivity index (χ2v) is 26.7. The zero-order valence-electron chi connectivity index (χ0n) is 51.8. The molecule has 0 saturated heterocycles. The molecular weight excluding hydrogens is 1110 g/mol. The van der Waals surface area contributed by atoms with E-state index >= 15 is 0 Å². The summed E-state index contributed by atoms with van der Waals surface area (Å²) in [6.45, 7) is 9.67. The van der Waals surface area contributed by atoms with Crippen LogP contribution in [0.5, 0.6) is 0 Å². The summed E-state index contributed by atoms with van der Waals surface area (Å²) in [4.78, 5) is 4.99. The maximum atomic E-state index is 2.55. The van der Waals surface area contributed by atoms with E-state index in [4.69, 9.17) is 0 Å². The van der Waals surface area contributed by atoms with Gasteiger partial charge in [-0.15, -0.1) is 0 Å². The molecule has 2 heteroatoms. The normalized spacial score (nSPS) is 13.6. The van der Waals surface area contributed by atoms with Crippen LogP contribution < -0.4 is 9.80 Å². The Balaban J connectivity index is 0.904. The van der Waals surface area contributed by atoms with Crippen LogP contribution in [0.25, 0.3) is 131 Å².